The maximum absolute atomic E-state index is 12.7. The molecule has 47 heavy (non-hydrogen) atoms. The van der Waals surface area contributed by atoms with Crippen molar-refractivity contribution in [3.05, 3.63) is 155 Å². The van der Waals surface area contributed by atoms with Gasteiger partial charge in [-0.3, -0.25) is 4.79 Å². The third kappa shape index (κ3) is 7.77. The van der Waals surface area contributed by atoms with Gasteiger partial charge in [-0.15, -0.1) is 11.8 Å². The Labute approximate surface area is 280 Å². The van der Waals surface area contributed by atoms with Crippen molar-refractivity contribution in [2.24, 2.45) is 5.92 Å². The Morgan fingerprint density at radius 1 is 0.809 bits per heavy atom. The quantitative estimate of drug-likeness (QED) is 0.141. The van der Waals surface area contributed by atoms with Gasteiger partial charge in [-0.25, -0.2) is 0 Å². The van der Waals surface area contributed by atoms with Gasteiger partial charge in [0, 0.05) is 34.2 Å². The number of aliphatic hydroxyl groups excluding tert-OH is 1. The van der Waals surface area contributed by atoms with Crippen LogP contribution in [0.2, 0.25) is 0 Å². The number of carbonyl (C=O) groups excluding carboxylic acids is 1. The van der Waals surface area contributed by atoms with Crippen LogP contribution < -0.4 is 10.1 Å². The normalized spacial score (nSPS) is 19.2. The fourth-order valence-electron chi connectivity index (χ4n) is 5.86. The molecule has 6 nitrogen and oxygen atoms in total. The molecule has 5 aromatic rings. The van der Waals surface area contributed by atoms with E-state index in [1.807, 2.05) is 91.0 Å². The van der Waals surface area contributed by atoms with Crippen molar-refractivity contribution in [1.82, 2.24) is 5.32 Å². The van der Waals surface area contributed by atoms with Gasteiger partial charge >= 0.3 is 0 Å². The van der Waals surface area contributed by atoms with Gasteiger partial charge < -0.3 is 24.6 Å². The number of rotatable bonds is 11. The summed E-state index contributed by atoms with van der Waals surface area (Å²) < 4.78 is 19.0. The molecule has 0 saturated carbocycles. The predicted molar refractivity (Wildman–Crippen MR) is 186 cm³/mol. The molecule has 2 N–H and O–H groups in total. The minimum absolute atomic E-state index is 0.000140. The standard InChI is InChI=1S/C40H39NO5S/c1-27-36(26-47-37-15-9-8-14-35(37)44-2)45-40(46-38(27)30-18-16-28(25-42)17-19-30)32-22-20-29(21-23-32)34-13-7-6-12-33(34)24-41-39(43)31-10-4-3-5-11-31/h3-23,27,36,38,40,42H,24-26H2,1-2H3,(H,41,43)/t27-,36+,38+,40+/m1/s1. The summed E-state index contributed by atoms with van der Waals surface area (Å²) in [5.41, 5.74) is 6.62. The topological polar surface area (TPSA) is 77.0 Å². The number of para-hydroxylation sites is 1. The van der Waals surface area contributed by atoms with E-state index in [-0.39, 0.29) is 30.6 Å². The number of thioether (sulfide) groups is 1. The average Bonchev–Trinajstić information content (AvgIpc) is 3.14. The van der Waals surface area contributed by atoms with Gasteiger partial charge in [-0.05, 0) is 52.1 Å². The van der Waals surface area contributed by atoms with E-state index in [1.54, 1.807) is 18.9 Å². The van der Waals surface area contributed by atoms with Crippen LogP contribution in [0.1, 0.15) is 51.9 Å². The number of methoxy groups -OCH3 is 1. The molecular formula is C40H39NO5S. The number of amides is 1. The Morgan fingerprint density at radius 2 is 1.49 bits per heavy atom. The Bertz CT molecular complexity index is 1760. The predicted octanol–water partition coefficient (Wildman–Crippen LogP) is 8.37. The van der Waals surface area contributed by atoms with Crippen LogP contribution in [0.25, 0.3) is 11.1 Å². The first-order valence-electron chi connectivity index (χ1n) is 15.8. The summed E-state index contributed by atoms with van der Waals surface area (Å²) >= 11 is 1.72. The number of ether oxygens (including phenoxy) is 3. The largest absolute Gasteiger partial charge is 0.496 e. The molecule has 0 aromatic heterocycles. The highest BCUT2D eigenvalue weighted by atomic mass is 32.2. The van der Waals surface area contributed by atoms with Gasteiger partial charge in [0.25, 0.3) is 5.91 Å². The third-order valence-corrected chi connectivity index (χ3v) is 9.73. The molecule has 1 saturated heterocycles. The number of nitrogens with one attached hydrogen (secondary N) is 1. The van der Waals surface area contributed by atoms with Gasteiger partial charge in [-0.2, -0.15) is 0 Å². The average molecular weight is 646 g/mol. The molecule has 240 valence electrons. The van der Waals surface area contributed by atoms with Crippen molar-refractivity contribution in [2.45, 2.75) is 43.5 Å². The second-order valence-electron chi connectivity index (χ2n) is 11.6. The Morgan fingerprint density at radius 3 is 2.23 bits per heavy atom. The molecular weight excluding hydrogens is 607 g/mol. The Balaban J connectivity index is 1.22. The molecule has 7 heteroatoms. The molecule has 0 aliphatic carbocycles. The Hall–Kier alpha value is -4.40. The van der Waals surface area contributed by atoms with Crippen LogP contribution in [-0.2, 0) is 22.6 Å². The smallest absolute Gasteiger partial charge is 0.251 e. The van der Waals surface area contributed by atoms with E-state index in [2.05, 4.69) is 48.6 Å². The SMILES string of the molecule is COc1ccccc1SC[C@@H]1O[C@H](c2ccc(-c3ccccc3CNC(=O)c3ccccc3)cc2)O[C@H](c2ccc(CO)cc2)[C@@H]1C. The Kier molecular flexibility index (Phi) is 10.7. The van der Waals surface area contributed by atoms with Crippen LogP contribution in [-0.4, -0.2) is 30.0 Å². The summed E-state index contributed by atoms with van der Waals surface area (Å²) in [6, 6.07) is 41.7. The van der Waals surface area contributed by atoms with E-state index in [0.717, 1.165) is 49.8 Å². The molecule has 1 aliphatic heterocycles. The van der Waals surface area contributed by atoms with Gasteiger partial charge in [0.15, 0.2) is 6.29 Å². The van der Waals surface area contributed by atoms with Crippen LogP contribution in [0.4, 0.5) is 0 Å². The molecule has 6 rings (SSSR count). The highest BCUT2D eigenvalue weighted by Gasteiger charge is 2.38. The molecule has 0 bridgehead atoms. The van der Waals surface area contributed by atoms with Crippen molar-refractivity contribution < 1.29 is 24.1 Å². The van der Waals surface area contributed by atoms with Gasteiger partial charge in [0.2, 0.25) is 0 Å². The molecule has 0 radical (unpaired) electrons. The van der Waals surface area contributed by atoms with Crippen LogP contribution in [0.15, 0.2) is 132 Å². The second-order valence-corrected chi connectivity index (χ2v) is 12.7. The van der Waals surface area contributed by atoms with E-state index < -0.39 is 6.29 Å². The lowest BCUT2D eigenvalue weighted by atomic mass is 9.91. The van der Waals surface area contributed by atoms with E-state index >= 15 is 0 Å². The molecule has 4 atom stereocenters. The minimum atomic E-state index is -0.563. The van der Waals surface area contributed by atoms with Crippen LogP contribution in [0.5, 0.6) is 5.75 Å². The number of benzene rings is 5. The van der Waals surface area contributed by atoms with Crippen molar-refractivity contribution in [3.8, 4) is 16.9 Å². The first-order chi connectivity index (χ1) is 23.0. The van der Waals surface area contributed by atoms with Crippen molar-refractivity contribution in [3.63, 3.8) is 0 Å². The number of hydrogen-bond donors (Lipinski definition) is 2. The summed E-state index contributed by atoms with van der Waals surface area (Å²) in [5.74, 6) is 1.55. The molecule has 0 unspecified atom stereocenters. The lowest BCUT2D eigenvalue weighted by Crippen LogP contribution is -2.38. The molecule has 0 spiro atoms. The summed E-state index contributed by atoms with van der Waals surface area (Å²) in [7, 11) is 1.69. The lowest BCUT2D eigenvalue weighted by Gasteiger charge is -2.41. The van der Waals surface area contributed by atoms with Crippen LogP contribution in [0.3, 0.4) is 0 Å². The number of aliphatic hydroxyl groups is 1. The molecule has 1 aliphatic rings. The fourth-order valence-corrected chi connectivity index (χ4v) is 7.06. The monoisotopic (exact) mass is 645 g/mol. The first-order valence-corrected chi connectivity index (χ1v) is 16.8. The fraction of sp³-hybridized carbons (Fsp3) is 0.225. The van der Waals surface area contributed by atoms with E-state index in [9.17, 15) is 9.90 Å². The first kappa shape index (κ1) is 32.5. The zero-order valence-electron chi connectivity index (χ0n) is 26.5. The summed E-state index contributed by atoms with van der Waals surface area (Å²) in [5, 5.41) is 12.6. The summed E-state index contributed by atoms with van der Waals surface area (Å²) in [6.07, 6.45) is -0.857. The maximum Gasteiger partial charge on any atom is 0.251 e. The van der Waals surface area contributed by atoms with Gasteiger partial charge in [0.1, 0.15) is 5.75 Å². The third-order valence-electron chi connectivity index (χ3n) is 8.58. The molecule has 5 aromatic carbocycles. The molecule has 1 fully saturated rings. The second kappa shape index (κ2) is 15.5. The van der Waals surface area contributed by atoms with Crippen molar-refractivity contribution in [1.29, 1.82) is 0 Å². The van der Waals surface area contributed by atoms with Crippen LogP contribution >= 0.6 is 11.8 Å². The van der Waals surface area contributed by atoms with E-state index in [1.165, 1.54) is 0 Å². The highest BCUT2D eigenvalue weighted by Crippen LogP contribution is 2.44. The van der Waals surface area contributed by atoms with Gasteiger partial charge in [0.05, 0.1) is 25.9 Å². The molecule has 1 amide bonds. The summed E-state index contributed by atoms with van der Waals surface area (Å²) in [4.78, 5) is 13.8. The zero-order valence-corrected chi connectivity index (χ0v) is 27.4. The van der Waals surface area contributed by atoms with Crippen molar-refractivity contribution >= 4 is 17.7 Å². The number of hydrogen-bond acceptors (Lipinski definition) is 6. The highest BCUT2D eigenvalue weighted by molar-refractivity contribution is 7.99. The maximum atomic E-state index is 12.7. The minimum Gasteiger partial charge on any atom is -0.496 e. The molecule has 1 heterocycles. The van der Waals surface area contributed by atoms with E-state index in [0.29, 0.717) is 12.1 Å². The van der Waals surface area contributed by atoms with Crippen LogP contribution in [0, 0.1) is 5.92 Å². The van der Waals surface area contributed by atoms with E-state index in [4.69, 9.17) is 14.2 Å². The summed E-state index contributed by atoms with van der Waals surface area (Å²) in [6.45, 7) is 2.59. The van der Waals surface area contributed by atoms with Gasteiger partial charge in [-0.1, -0.05) is 110 Å². The zero-order chi connectivity index (χ0) is 32.6. The number of carbonyl (C=O) groups is 1. The van der Waals surface area contributed by atoms with Crippen molar-refractivity contribution in [2.75, 3.05) is 12.9 Å². The lowest BCUT2D eigenvalue weighted by molar-refractivity contribution is -0.268.